The van der Waals surface area contributed by atoms with Gasteiger partial charge in [0.2, 0.25) is 0 Å². The Bertz CT molecular complexity index is 1130. The summed E-state index contributed by atoms with van der Waals surface area (Å²) in [6.07, 6.45) is 1.48. The van der Waals surface area contributed by atoms with Crippen LogP contribution in [-0.2, 0) is 9.53 Å². The molecule has 0 radical (unpaired) electrons. The van der Waals surface area contributed by atoms with E-state index in [9.17, 15) is 29.3 Å². The lowest BCUT2D eigenvalue weighted by molar-refractivity contribution is -0.383. The SMILES string of the molecule is CCCCN1C(=O)c2ccc(C(=O)OCC(=O)Nc3ccc(Cl)cc3[N+](=O)[O-])cc2C1=O. The standard InChI is InChI=1S/C21H18ClN3O7/c1-2-3-8-24-19(27)14-6-4-12(9-15(14)20(24)28)21(29)32-11-18(26)23-16-7-5-13(22)10-17(16)25(30)31/h4-7,9-10H,2-3,8,11H2,1H3,(H,23,26). The first kappa shape index (κ1) is 22.9. The molecule has 0 spiro atoms. The van der Waals surface area contributed by atoms with Gasteiger partial charge in [-0.1, -0.05) is 24.9 Å². The molecule has 0 saturated carbocycles. The number of nitro groups is 1. The van der Waals surface area contributed by atoms with Gasteiger partial charge < -0.3 is 10.1 Å². The number of fused-ring (bicyclic) bond motifs is 1. The Balaban J connectivity index is 1.65. The Kier molecular flexibility index (Phi) is 6.84. The molecule has 0 aliphatic carbocycles. The lowest BCUT2D eigenvalue weighted by Gasteiger charge is -2.12. The van der Waals surface area contributed by atoms with Crippen molar-refractivity contribution >= 4 is 46.7 Å². The van der Waals surface area contributed by atoms with E-state index in [2.05, 4.69) is 5.32 Å². The van der Waals surface area contributed by atoms with Crippen molar-refractivity contribution in [2.45, 2.75) is 19.8 Å². The number of nitrogens with zero attached hydrogens (tertiary/aromatic N) is 2. The van der Waals surface area contributed by atoms with Gasteiger partial charge in [0.1, 0.15) is 5.69 Å². The van der Waals surface area contributed by atoms with Crippen molar-refractivity contribution in [3.63, 3.8) is 0 Å². The fourth-order valence-corrected chi connectivity index (χ4v) is 3.27. The van der Waals surface area contributed by atoms with Crippen molar-refractivity contribution in [2.24, 2.45) is 0 Å². The van der Waals surface area contributed by atoms with Gasteiger partial charge >= 0.3 is 5.97 Å². The van der Waals surface area contributed by atoms with Gasteiger partial charge in [0.05, 0.1) is 21.6 Å². The highest BCUT2D eigenvalue weighted by Crippen LogP contribution is 2.28. The number of hydrogen-bond donors (Lipinski definition) is 1. The van der Waals surface area contributed by atoms with Crippen LogP contribution in [0.3, 0.4) is 0 Å². The van der Waals surface area contributed by atoms with Crippen LogP contribution in [0.1, 0.15) is 50.8 Å². The number of anilines is 1. The molecule has 2 aromatic rings. The monoisotopic (exact) mass is 459 g/mol. The average molecular weight is 460 g/mol. The zero-order valence-electron chi connectivity index (χ0n) is 16.9. The van der Waals surface area contributed by atoms with E-state index in [1.165, 1.54) is 30.3 Å². The second-order valence-corrected chi connectivity index (χ2v) is 7.36. The summed E-state index contributed by atoms with van der Waals surface area (Å²) >= 11 is 5.73. The highest BCUT2D eigenvalue weighted by Gasteiger charge is 2.35. The van der Waals surface area contributed by atoms with Gasteiger partial charge in [0, 0.05) is 17.6 Å². The Labute approximate surface area is 187 Å². The lowest BCUT2D eigenvalue weighted by atomic mass is 10.1. The number of benzene rings is 2. The molecule has 2 aromatic carbocycles. The van der Waals surface area contributed by atoms with Crippen molar-refractivity contribution in [1.29, 1.82) is 0 Å². The summed E-state index contributed by atoms with van der Waals surface area (Å²) in [5, 5.41) is 13.5. The van der Waals surface area contributed by atoms with Crippen LogP contribution in [0.2, 0.25) is 5.02 Å². The van der Waals surface area contributed by atoms with Gasteiger partial charge in [-0.3, -0.25) is 29.4 Å². The number of carbonyl (C=O) groups excluding carboxylic acids is 4. The lowest BCUT2D eigenvalue weighted by Crippen LogP contribution is -2.30. The van der Waals surface area contributed by atoms with Crippen molar-refractivity contribution in [1.82, 2.24) is 4.90 Å². The van der Waals surface area contributed by atoms with E-state index in [4.69, 9.17) is 16.3 Å². The third-order valence-corrected chi connectivity index (χ3v) is 4.94. The number of ether oxygens (including phenoxy) is 1. The minimum absolute atomic E-state index is 0.00693. The molecule has 0 fully saturated rings. The molecule has 0 aromatic heterocycles. The minimum Gasteiger partial charge on any atom is -0.452 e. The molecule has 1 heterocycles. The highest BCUT2D eigenvalue weighted by molar-refractivity contribution is 6.31. The van der Waals surface area contributed by atoms with Crippen LogP contribution in [0.5, 0.6) is 0 Å². The molecule has 0 atom stereocenters. The summed E-state index contributed by atoms with van der Waals surface area (Å²) in [6.45, 7) is 1.51. The zero-order chi connectivity index (χ0) is 23.4. The Morgan fingerprint density at radius 1 is 1.12 bits per heavy atom. The minimum atomic E-state index is -0.888. The van der Waals surface area contributed by atoms with E-state index in [1.807, 2.05) is 6.92 Å². The summed E-state index contributed by atoms with van der Waals surface area (Å²) < 4.78 is 4.94. The summed E-state index contributed by atoms with van der Waals surface area (Å²) in [6, 6.07) is 7.66. The quantitative estimate of drug-likeness (QED) is 0.276. The number of carbonyl (C=O) groups is 4. The number of nitro benzene ring substituents is 1. The molecule has 0 unspecified atom stereocenters. The summed E-state index contributed by atoms with van der Waals surface area (Å²) in [5.74, 6) is -2.59. The van der Waals surface area contributed by atoms with Crippen LogP contribution in [0.25, 0.3) is 0 Å². The van der Waals surface area contributed by atoms with E-state index >= 15 is 0 Å². The fraction of sp³-hybridized carbons (Fsp3) is 0.238. The molecular weight excluding hydrogens is 442 g/mol. The second-order valence-electron chi connectivity index (χ2n) is 6.92. The first-order valence-electron chi connectivity index (χ1n) is 9.64. The molecule has 11 heteroatoms. The largest absolute Gasteiger partial charge is 0.452 e. The van der Waals surface area contributed by atoms with Crippen LogP contribution in [0.15, 0.2) is 36.4 Å². The smallest absolute Gasteiger partial charge is 0.338 e. The third-order valence-electron chi connectivity index (χ3n) is 4.71. The van der Waals surface area contributed by atoms with Gasteiger partial charge in [-0.2, -0.15) is 0 Å². The molecule has 0 bridgehead atoms. The summed E-state index contributed by atoms with van der Waals surface area (Å²) in [7, 11) is 0. The number of esters is 1. The number of rotatable bonds is 8. The van der Waals surface area contributed by atoms with Crippen LogP contribution < -0.4 is 5.32 Å². The molecule has 0 saturated heterocycles. The van der Waals surface area contributed by atoms with Gasteiger partial charge in [-0.15, -0.1) is 0 Å². The fourth-order valence-electron chi connectivity index (χ4n) is 3.10. The van der Waals surface area contributed by atoms with Gasteiger partial charge in [-0.05, 0) is 36.8 Å². The molecule has 1 N–H and O–H groups in total. The van der Waals surface area contributed by atoms with Crippen LogP contribution in [-0.4, -0.2) is 46.7 Å². The Morgan fingerprint density at radius 2 is 1.84 bits per heavy atom. The van der Waals surface area contributed by atoms with E-state index < -0.39 is 40.9 Å². The number of hydrogen-bond acceptors (Lipinski definition) is 7. The van der Waals surface area contributed by atoms with Gasteiger partial charge in [-0.25, -0.2) is 4.79 Å². The van der Waals surface area contributed by atoms with Crippen LogP contribution >= 0.6 is 11.6 Å². The highest BCUT2D eigenvalue weighted by atomic mass is 35.5. The van der Waals surface area contributed by atoms with E-state index in [-0.39, 0.29) is 27.4 Å². The van der Waals surface area contributed by atoms with E-state index in [0.29, 0.717) is 13.0 Å². The number of nitrogens with one attached hydrogen (secondary N) is 1. The van der Waals surface area contributed by atoms with Crippen molar-refractivity contribution in [3.8, 4) is 0 Å². The van der Waals surface area contributed by atoms with Crippen molar-refractivity contribution in [3.05, 3.63) is 68.2 Å². The molecule has 10 nitrogen and oxygen atoms in total. The molecule has 166 valence electrons. The topological polar surface area (TPSA) is 136 Å². The maximum Gasteiger partial charge on any atom is 0.338 e. The number of imide groups is 1. The van der Waals surface area contributed by atoms with Gasteiger partial charge in [0.25, 0.3) is 23.4 Å². The van der Waals surface area contributed by atoms with Crippen molar-refractivity contribution in [2.75, 3.05) is 18.5 Å². The molecule has 3 amide bonds. The molecule has 32 heavy (non-hydrogen) atoms. The van der Waals surface area contributed by atoms with Gasteiger partial charge in [0.15, 0.2) is 6.61 Å². The first-order valence-corrected chi connectivity index (χ1v) is 10.0. The third kappa shape index (κ3) is 4.75. The average Bonchev–Trinajstić information content (AvgIpc) is 3.00. The molecular formula is C21H18ClN3O7. The first-order chi connectivity index (χ1) is 15.2. The molecule has 3 rings (SSSR count). The zero-order valence-corrected chi connectivity index (χ0v) is 17.7. The number of halogens is 1. The maximum atomic E-state index is 12.5. The normalized spacial score (nSPS) is 12.5. The maximum absolute atomic E-state index is 12.5. The van der Waals surface area contributed by atoms with Crippen LogP contribution in [0, 0.1) is 10.1 Å². The molecule has 1 aliphatic heterocycles. The van der Waals surface area contributed by atoms with Crippen LogP contribution in [0.4, 0.5) is 11.4 Å². The van der Waals surface area contributed by atoms with E-state index in [1.54, 1.807) is 0 Å². The summed E-state index contributed by atoms with van der Waals surface area (Å²) in [4.78, 5) is 60.8. The van der Waals surface area contributed by atoms with E-state index in [0.717, 1.165) is 17.4 Å². The summed E-state index contributed by atoms with van der Waals surface area (Å²) in [5.41, 5.74) is -0.217. The second kappa shape index (κ2) is 9.56. The number of unbranched alkanes of at least 4 members (excludes halogenated alkanes) is 1. The number of amides is 3. The predicted molar refractivity (Wildman–Crippen MR) is 114 cm³/mol. The Hall–Kier alpha value is -3.79. The van der Waals surface area contributed by atoms with Crippen molar-refractivity contribution < 1.29 is 28.8 Å². The molecule has 1 aliphatic rings. The predicted octanol–water partition coefficient (Wildman–Crippen LogP) is 3.44. The Morgan fingerprint density at radius 3 is 2.53 bits per heavy atom.